The van der Waals surface area contributed by atoms with Crippen molar-refractivity contribution in [3.8, 4) is 0 Å². The molecule has 0 heteroatoms. The Bertz CT molecular complexity index is 3400. The Morgan fingerprint density at radius 2 is 0.694 bits per heavy atom. The molecule has 7 aromatic rings. The molecule has 12 aliphatic rings. The molecular weight excluding hydrogens is 1020 g/mol. The highest BCUT2D eigenvalue weighted by Crippen LogP contribution is 2.32. The van der Waals surface area contributed by atoms with Crippen molar-refractivity contribution in [1.29, 1.82) is 0 Å². The van der Waals surface area contributed by atoms with Crippen LogP contribution in [0.2, 0.25) is 0 Å². The van der Waals surface area contributed by atoms with Crippen LogP contribution in [0, 0.1) is 5.92 Å². The maximum absolute atomic E-state index is 2.48. The molecule has 0 spiro atoms. The lowest BCUT2D eigenvalue weighted by Crippen LogP contribution is -2.00. The summed E-state index contributed by atoms with van der Waals surface area (Å²) in [4.78, 5) is 0. The Kier molecular flexibility index (Phi) is 23.4. The molecule has 0 N–H and O–H groups in total. The lowest BCUT2D eigenvalue weighted by Gasteiger charge is -2.13. The average Bonchev–Trinajstić information content (AvgIpc) is 4.59. The zero-order chi connectivity index (χ0) is 57.8. The second-order valence-electron chi connectivity index (χ2n) is 23.4. The van der Waals surface area contributed by atoms with Crippen molar-refractivity contribution >= 4 is 16.8 Å². The van der Waals surface area contributed by atoms with Crippen LogP contribution in [0.5, 0.6) is 0 Å². The first-order chi connectivity index (χ1) is 42.2. The van der Waals surface area contributed by atoms with Gasteiger partial charge in [0.1, 0.15) is 0 Å². The summed E-state index contributed by atoms with van der Waals surface area (Å²) in [5, 5.41) is 2.62. The molecule has 0 nitrogen and oxygen atoms in total. The summed E-state index contributed by atoms with van der Waals surface area (Å²) >= 11 is 0. The largest absolute Gasteiger partial charge is 0.0835 e. The maximum Gasteiger partial charge on any atom is 0.0166 e. The van der Waals surface area contributed by atoms with Crippen LogP contribution in [-0.4, -0.2) is 0 Å². The van der Waals surface area contributed by atoms with Gasteiger partial charge in [-0.2, -0.15) is 0 Å². The van der Waals surface area contributed by atoms with Crippen molar-refractivity contribution in [1.82, 2.24) is 0 Å². The molecule has 1 atom stereocenters. The van der Waals surface area contributed by atoms with E-state index < -0.39 is 0 Å². The van der Waals surface area contributed by atoms with E-state index in [0.717, 1.165) is 12.8 Å². The Labute approximate surface area is 511 Å². The Hall–Kier alpha value is -8.32. The molecule has 428 valence electrons. The van der Waals surface area contributed by atoms with Crippen molar-refractivity contribution < 1.29 is 0 Å². The van der Waals surface area contributed by atoms with Crippen LogP contribution in [0.15, 0.2) is 307 Å². The van der Waals surface area contributed by atoms with Gasteiger partial charge >= 0.3 is 0 Å². The second-order valence-corrected chi connectivity index (χ2v) is 23.4. The summed E-state index contributed by atoms with van der Waals surface area (Å²) in [5.74, 6) is 0.676. The minimum Gasteiger partial charge on any atom is -0.0835 e. The lowest BCUT2D eigenvalue weighted by molar-refractivity contribution is 0.685. The third kappa shape index (κ3) is 18.6. The molecule has 0 aromatic heterocycles. The number of hydrogen-bond acceptors (Lipinski definition) is 0. The Balaban J connectivity index is 0.000000106. The van der Waals surface area contributed by atoms with Crippen molar-refractivity contribution in [2.75, 3.05) is 0 Å². The second kappa shape index (κ2) is 33.2. The summed E-state index contributed by atoms with van der Waals surface area (Å²) in [7, 11) is 0. The van der Waals surface area contributed by atoms with E-state index >= 15 is 0 Å². The Morgan fingerprint density at radius 3 is 1.13 bits per heavy atom. The molecule has 0 saturated heterocycles. The monoisotopic (exact) mass is 1110 g/mol. The number of fused-ring (bicyclic) bond motifs is 7. The molecule has 0 fully saturated rings. The van der Waals surface area contributed by atoms with Crippen molar-refractivity contribution in [2.24, 2.45) is 5.92 Å². The van der Waals surface area contributed by atoms with E-state index in [1.807, 2.05) is 36.4 Å². The predicted molar refractivity (Wildman–Crippen MR) is 368 cm³/mol. The third-order valence-corrected chi connectivity index (χ3v) is 17.5. The van der Waals surface area contributed by atoms with E-state index in [1.54, 1.807) is 55.7 Å². The van der Waals surface area contributed by atoms with Crippen LogP contribution in [0.1, 0.15) is 126 Å². The quantitative estimate of drug-likeness (QED) is 0.133. The number of allylic oxidation sites excluding steroid dienone is 23. The molecular formula is C85H88. The summed E-state index contributed by atoms with van der Waals surface area (Å²) < 4.78 is 0. The zero-order valence-corrected chi connectivity index (χ0v) is 50.4. The SMILES string of the molecule is C1=CC2=C(C1)CC=C2.C1=CC2=C(C=CC2)C1.C1=CC2C=CCC2=C1.C1=CCC=C1.C1=Cc2ccccc2C1.c1c2c(cc3c1CCC3)CCC2.c1ccc2c(c1)CCC2.c1ccc2c(c1)CCCC2.c1ccc2ccccc2c1.c1ccccc1. The van der Waals surface area contributed by atoms with Gasteiger partial charge in [0, 0.05) is 5.92 Å². The highest BCUT2D eigenvalue weighted by molar-refractivity contribution is 5.82. The third-order valence-electron chi connectivity index (χ3n) is 17.5. The first-order valence-electron chi connectivity index (χ1n) is 32.1. The molecule has 12 aliphatic carbocycles. The van der Waals surface area contributed by atoms with E-state index in [2.05, 4.69) is 249 Å². The van der Waals surface area contributed by atoms with Crippen molar-refractivity contribution in [2.45, 2.75) is 128 Å². The van der Waals surface area contributed by atoms with Crippen molar-refractivity contribution in [3.05, 3.63) is 363 Å². The van der Waals surface area contributed by atoms with E-state index in [1.165, 1.54) is 154 Å². The van der Waals surface area contributed by atoms with Crippen LogP contribution >= 0.6 is 0 Å². The molecule has 0 aliphatic heterocycles. The highest BCUT2D eigenvalue weighted by atomic mass is 14.2. The van der Waals surface area contributed by atoms with E-state index in [0.29, 0.717) is 5.92 Å². The minimum atomic E-state index is 0.676. The van der Waals surface area contributed by atoms with Gasteiger partial charge in [-0.3, -0.25) is 0 Å². The smallest absolute Gasteiger partial charge is 0.0166 e. The summed E-state index contributed by atoms with van der Waals surface area (Å²) in [6.07, 6.45) is 67.3. The first kappa shape index (κ1) is 59.8. The minimum absolute atomic E-state index is 0.676. The zero-order valence-electron chi connectivity index (χ0n) is 50.4. The summed E-state index contributed by atoms with van der Waals surface area (Å²) in [6.45, 7) is 0. The number of rotatable bonds is 0. The molecule has 0 saturated carbocycles. The van der Waals surface area contributed by atoms with Gasteiger partial charge < -0.3 is 0 Å². The molecule has 0 radical (unpaired) electrons. The van der Waals surface area contributed by atoms with Crippen LogP contribution in [0.3, 0.4) is 0 Å². The average molecular weight is 1110 g/mol. The fourth-order valence-electron chi connectivity index (χ4n) is 12.8. The molecule has 7 aromatic carbocycles. The standard InChI is InChI=1S/C12H14.C10H12.C10H8.C9H10.C9H8.3C8H8.C6H6.C5H6/c1-3-9-7-11-5-2-6-12(11)8-10(9)4-1;2*1-2-6-10-8-4-3-7-9(10)5-1;2*1-2-5-9-7-3-6-8(9)4-1;3*1-3-7-5-2-6-8(7)4-1;1-2-4-6-5-3-1;1-2-4-5-3-1/h7-8H,1-6H2;1-2,5-6H,3-4,7-8H2;1-8H;1-2,4-5H,3,6-7H2;1-6H,7H2;1-3,6H,4-5H2;1-3,5H,4,6H2;1-5,7H,6H2;1-6H;1-4H,5H2. The maximum atomic E-state index is 2.48. The van der Waals surface area contributed by atoms with E-state index in [-0.39, 0.29) is 0 Å². The summed E-state index contributed by atoms with van der Waals surface area (Å²) in [6, 6.07) is 59.7. The van der Waals surface area contributed by atoms with E-state index in [4.69, 9.17) is 0 Å². The van der Waals surface area contributed by atoms with Gasteiger partial charge in [0.25, 0.3) is 0 Å². The van der Waals surface area contributed by atoms with Crippen LogP contribution < -0.4 is 0 Å². The first-order valence-corrected chi connectivity index (χ1v) is 32.1. The Morgan fingerprint density at radius 1 is 0.282 bits per heavy atom. The van der Waals surface area contributed by atoms with Crippen LogP contribution in [-0.2, 0) is 57.8 Å². The molecule has 19 rings (SSSR count). The molecule has 0 heterocycles. The molecule has 0 bridgehead atoms. The number of benzene rings is 7. The summed E-state index contributed by atoms with van der Waals surface area (Å²) in [5.41, 5.74) is 23.4. The lowest BCUT2D eigenvalue weighted by atomic mass is 9.92. The fourth-order valence-corrected chi connectivity index (χ4v) is 12.8. The van der Waals surface area contributed by atoms with Gasteiger partial charge in [-0.05, 0) is 212 Å². The highest BCUT2D eigenvalue weighted by Gasteiger charge is 2.18. The van der Waals surface area contributed by atoms with Gasteiger partial charge in [0.15, 0.2) is 0 Å². The molecule has 1 unspecified atom stereocenters. The number of hydrogen-bond donors (Lipinski definition) is 0. The van der Waals surface area contributed by atoms with Gasteiger partial charge in [-0.15, -0.1) is 0 Å². The topological polar surface area (TPSA) is 0 Å². The number of aryl methyl sites for hydroxylation is 8. The van der Waals surface area contributed by atoms with Gasteiger partial charge in [0.2, 0.25) is 0 Å². The fraction of sp³-hybridized carbons (Fsp3) is 0.247. The van der Waals surface area contributed by atoms with Gasteiger partial charge in [-0.1, -0.05) is 296 Å². The molecule has 0 amide bonds. The van der Waals surface area contributed by atoms with Crippen molar-refractivity contribution in [3.63, 3.8) is 0 Å². The van der Waals surface area contributed by atoms with E-state index in [9.17, 15) is 0 Å². The van der Waals surface area contributed by atoms with Crippen LogP contribution in [0.4, 0.5) is 0 Å². The normalized spacial score (nSPS) is 17.8. The molecule has 85 heavy (non-hydrogen) atoms. The van der Waals surface area contributed by atoms with Gasteiger partial charge in [0.05, 0.1) is 0 Å². The predicted octanol–water partition coefficient (Wildman–Crippen LogP) is 22.2. The van der Waals surface area contributed by atoms with Gasteiger partial charge in [-0.25, -0.2) is 0 Å². The van der Waals surface area contributed by atoms with Crippen LogP contribution in [0.25, 0.3) is 16.8 Å².